The highest BCUT2D eigenvalue weighted by atomic mass is 32.3. The maximum atomic E-state index is 16.0. The summed E-state index contributed by atoms with van der Waals surface area (Å²) in [6.07, 6.45) is -1.49. The molecule has 4 atom stereocenters. The third-order valence-corrected chi connectivity index (χ3v) is 15.1. The molecule has 2 aliphatic carbocycles. The van der Waals surface area contributed by atoms with Crippen LogP contribution in [0.3, 0.4) is 0 Å². The first-order valence-electron chi connectivity index (χ1n) is 13.8. The summed E-state index contributed by atoms with van der Waals surface area (Å²) in [7, 11) is -14.0. The summed E-state index contributed by atoms with van der Waals surface area (Å²) < 4.78 is 127. The molecule has 5 rings (SSSR count). The Balaban J connectivity index is 1.57. The second-order valence-corrected chi connectivity index (χ2v) is 17.8. The minimum Gasteiger partial charge on any atom is -0.266 e. The van der Waals surface area contributed by atoms with E-state index in [0.29, 0.717) is 0 Å². The molecule has 13 heteroatoms. The van der Waals surface area contributed by atoms with E-state index in [-0.39, 0.29) is 27.5 Å². The van der Waals surface area contributed by atoms with Crippen LogP contribution in [-0.2, 0) is 28.0 Å². The fourth-order valence-electron chi connectivity index (χ4n) is 6.02. The predicted octanol–water partition coefficient (Wildman–Crippen LogP) is 7.63. The number of rotatable bonds is 11. The van der Waals surface area contributed by atoms with Crippen molar-refractivity contribution in [3.05, 3.63) is 91.0 Å². The topological polar surface area (TPSA) is 86.7 Å². The Kier molecular flexibility index (Phi) is 8.53. The van der Waals surface area contributed by atoms with E-state index in [0.717, 1.165) is 0 Å². The Morgan fingerprint density at radius 2 is 1.14 bits per heavy atom. The van der Waals surface area contributed by atoms with Gasteiger partial charge in [0.1, 0.15) is 0 Å². The molecule has 0 aromatic heterocycles. The molecule has 2 bridgehead atoms. The molecule has 0 amide bonds. The maximum Gasteiger partial charge on any atom is 0.432 e. The summed E-state index contributed by atoms with van der Waals surface area (Å²) >= 11 is 0. The van der Waals surface area contributed by atoms with Gasteiger partial charge in [-0.3, -0.25) is 4.18 Å². The highest BCUT2D eigenvalue weighted by molar-refractivity contribution is 8.33. The molecule has 0 radical (unpaired) electrons. The maximum absolute atomic E-state index is 16.0. The van der Waals surface area contributed by atoms with Crippen LogP contribution in [-0.4, -0.2) is 39.4 Å². The van der Waals surface area contributed by atoms with Crippen molar-refractivity contribution in [3.63, 3.8) is 0 Å². The lowest BCUT2D eigenvalue weighted by Crippen LogP contribution is -2.55. The molecule has 2 fully saturated rings. The highest BCUT2D eigenvalue weighted by Gasteiger charge is 2.74. The Morgan fingerprint density at radius 3 is 1.53 bits per heavy atom. The molecular formula is C30H32F4O6S3. The van der Waals surface area contributed by atoms with Gasteiger partial charge in [0.15, 0.2) is 0 Å². The molecule has 234 valence electrons. The third kappa shape index (κ3) is 5.52. The SMILES string of the molecule is CC(C)S(=O)(=O)OC1CC2CC1C(C(F)(F)C(F)(F)S(=O)(=O)OS(c1ccccc1)(c1ccccc1)c1ccccc1)C2. The van der Waals surface area contributed by atoms with Gasteiger partial charge >= 0.3 is 21.3 Å². The summed E-state index contributed by atoms with van der Waals surface area (Å²) in [5.41, 5.74) is 0. The predicted molar refractivity (Wildman–Crippen MR) is 155 cm³/mol. The van der Waals surface area contributed by atoms with Crippen LogP contribution in [0.15, 0.2) is 106 Å². The number of alkyl halides is 4. The first-order chi connectivity index (χ1) is 20.1. The number of benzene rings is 3. The van der Waals surface area contributed by atoms with Crippen LogP contribution in [0.1, 0.15) is 33.1 Å². The van der Waals surface area contributed by atoms with Gasteiger partial charge in [-0.25, -0.2) is 3.63 Å². The Labute approximate surface area is 251 Å². The lowest BCUT2D eigenvalue weighted by molar-refractivity contribution is -0.207. The summed E-state index contributed by atoms with van der Waals surface area (Å²) in [4.78, 5) is 0.632. The van der Waals surface area contributed by atoms with E-state index in [1.807, 2.05) is 0 Å². The van der Waals surface area contributed by atoms with E-state index in [9.17, 15) is 16.8 Å². The van der Waals surface area contributed by atoms with Gasteiger partial charge in [-0.15, -0.1) is 0 Å². The summed E-state index contributed by atoms with van der Waals surface area (Å²) in [6.45, 7) is 2.71. The quantitative estimate of drug-likeness (QED) is 0.155. The molecule has 0 spiro atoms. The Bertz CT molecular complexity index is 1540. The molecule has 3 aromatic rings. The minimum atomic E-state index is -6.35. The van der Waals surface area contributed by atoms with Crippen molar-refractivity contribution < 1.29 is 42.2 Å². The van der Waals surface area contributed by atoms with Gasteiger partial charge < -0.3 is 0 Å². The van der Waals surface area contributed by atoms with Gasteiger partial charge in [0.25, 0.3) is 10.1 Å². The second-order valence-electron chi connectivity index (χ2n) is 11.2. The number of halogens is 4. The molecule has 0 heterocycles. The van der Waals surface area contributed by atoms with Crippen molar-refractivity contribution in [2.24, 2.45) is 17.8 Å². The average molecular weight is 661 g/mol. The first kappa shape index (κ1) is 32.0. The van der Waals surface area contributed by atoms with Gasteiger partial charge in [0.05, 0.1) is 11.4 Å². The minimum absolute atomic E-state index is 0.0305. The van der Waals surface area contributed by atoms with Gasteiger partial charge in [-0.2, -0.15) is 34.4 Å². The zero-order valence-corrected chi connectivity index (χ0v) is 25.8. The van der Waals surface area contributed by atoms with Crippen LogP contribution >= 0.6 is 10.3 Å². The van der Waals surface area contributed by atoms with Crippen LogP contribution in [0.2, 0.25) is 0 Å². The normalized spacial score (nSPS) is 23.5. The lowest BCUT2D eigenvalue weighted by atomic mass is 9.82. The number of fused-ring (bicyclic) bond motifs is 2. The van der Waals surface area contributed by atoms with Crippen molar-refractivity contribution in [2.45, 2.75) is 70.3 Å². The second kappa shape index (κ2) is 11.5. The van der Waals surface area contributed by atoms with Gasteiger partial charge in [0.2, 0.25) is 0 Å². The zero-order valence-electron chi connectivity index (χ0n) is 23.4. The molecule has 4 unspecified atom stereocenters. The van der Waals surface area contributed by atoms with E-state index >= 15 is 17.6 Å². The third-order valence-electron chi connectivity index (χ3n) is 8.17. The van der Waals surface area contributed by atoms with Crippen molar-refractivity contribution in [3.8, 4) is 0 Å². The van der Waals surface area contributed by atoms with Crippen molar-refractivity contribution in [1.29, 1.82) is 0 Å². The zero-order chi connectivity index (χ0) is 31.3. The summed E-state index contributed by atoms with van der Waals surface area (Å²) in [5, 5.41) is -6.63. The van der Waals surface area contributed by atoms with Gasteiger partial charge in [0, 0.05) is 20.6 Å². The van der Waals surface area contributed by atoms with Crippen LogP contribution in [0.4, 0.5) is 17.6 Å². The first-order valence-corrected chi connectivity index (χ1v) is 18.2. The van der Waals surface area contributed by atoms with Crippen LogP contribution < -0.4 is 0 Å². The van der Waals surface area contributed by atoms with E-state index in [1.54, 1.807) is 54.6 Å². The molecule has 0 N–H and O–H groups in total. The smallest absolute Gasteiger partial charge is 0.266 e. The molecule has 0 aliphatic heterocycles. The van der Waals surface area contributed by atoms with Crippen molar-refractivity contribution in [1.82, 2.24) is 0 Å². The fourth-order valence-corrected chi connectivity index (χ4v) is 12.1. The molecule has 2 aliphatic rings. The van der Waals surface area contributed by atoms with Crippen LogP contribution in [0.5, 0.6) is 0 Å². The molecule has 0 saturated heterocycles. The Morgan fingerprint density at radius 1 is 0.698 bits per heavy atom. The highest BCUT2D eigenvalue weighted by Crippen LogP contribution is 2.71. The number of hydrogen-bond donors (Lipinski definition) is 0. The van der Waals surface area contributed by atoms with Crippen LogP contribution in [0, 0.1) is 17.8 Å². The monoisotopic (exact) mass is 660 g/mol. The molecule has 3 aromatic carbocycles. The standard InChI is InChI=1S/C30H32F4O6S3/c1-21(2)42(35,36)39-28-20-22-18-26(28)27(19-22)29(31,32)30(33,34)43(37,38)40-41(23-12-6-3-7-13-23,24-14-8-4-9-15-24)25-16-10-5-11-17-25/h3-17,21-22,26-28H,18-20H2,1-2H3. The molecular weight excluding hydrogens is 629 g/mol. The van der Waals surface area contributed by atoms with E-state index in [1.165, 1.54) is 50.2 Å². The van der Waals surface area contributed by atoms with Crippen LogP contribution in [0.25, 0.3) is 0 Å². The fraction of sp³-hybridized carbons (Fsp3) is 0.400. The van der Waals surface area contributed by atoms with Crippen molar-refractivity contribution >= 4 is 30.5 Å². The number of hydrogen-bond acceptors (Lipinski definition) is 6. The molecule has 43 heavy (non-hydrogen) atoms. The van der Waals surface area contributed by atoms with E-state index in [4.69, 9.17) is 7.81 Å². The largest absolute Gasteiger partial charge is 0.432 e. The summed E-state index contributed by atoms with van der Waals surface area (Å²) in [6, 6.07) is 23.4. The molecule has 2 saturated carbocycles. The van der Waals surface area contributed by atoms with Gasteiger partial charge in [-0.05, 0) is 91.7 Å². The van der Waals surface area contributed by atoms with Gasteiger partial charge in [-0.1, -0.05) is 54.6 Å². The summed E-state index contributed by atoms with van der Waals surface area (Å²) in [5.74, 6) is -9.01. The molecule has 6 nitrogen and oxygen atoms in total. The Hall–Kier alpha value is -2.45. The van der Waals surface area contributed by atoms with E-state index in [2.05, 4.69) is 0 Å². The van der Waals surface area contributed by atoms with Crippen molar-refractivity contribution in [2.75, 3.05) is 0 Å². The lowest BCUT2D eigenvalue weighted by Gasteiger charge is -2.42. The van der Waals surface area contributed by atoms with E-state index < -0.39 is 77.3 Å². The average Bonchev–Trinajstić information content (AvgIpc) is 3.58.